The van der Waals surface area contributed by atoms with Crippen molar-refractivity contribution >= 4 is 23.4 Å². The lowest BCUT2D eigenvalue weighted by Crippen LogP contribution is -2.51. The molecule has 0 bridgehead atoms. The number of benzene rings is 2. The number of carbonyl (C=O) groups excluding carboxylic acids is 2. The number of piperidine rings is 1. The van der Waals surface area contributed by atoms with E-state index in [1.807, 2.05) is 0 Å². The fraction of sp³-hybridized carbons (Fsp3) is 0.391. The molecule has 3 heterocycles. The van der Waals surface area contributed by atoms with Gasteiger partial charge in [0.1, 0.15) is 17.9 Å². The molecule has 3 aliphatic rings. The van der Waals surface area contributed by atoms with Crippen LogP contribution in [0.2, 0.25) is 5.02 Å². The van der Waals surface area contributed by atoms with Crippen LogP contribution in [0.4, 0.5) is 8.78 Å². The second kappa shape index (κ2) is 7.57. The molecule has 5 rings (SSSR count). The van der Waals surface area contributed by atoms with E-state index in [2.05, 4.69) is 0 Å². The molecule has 3 fully saturated rings. The van der Waals surface area contributed by atoms with Crippen molar-refractivity contribution in [3.05, 3.63) is 70.2 Å². The Bertz CT molecular complexity index is 1050. The molecule has 2 unspecified atom stereocenters. The summed E-state index contributed by atoms with van der Waals surface area (Å²) in [4.78, 5) is 29.5. The van der Waals surface area contributed by atoms with Gasteiger partial charge in [-0.25, -0.2) is 8.78 Å². The summed E-state index contributed by atoms with van der Waals surface area (Å²) in [5, 5.41) is 0.188. The lowest BCUT2D eigenvalue weighted by Gasteiger charge is -2.37. The Labute approximate surface area is 183 Å². The van der Waals surface area contributed by atoms with Gasteiger partial charge in [0.05, 0.1) is 16.6 Å². The molecule has 2 atom stereocenters. The van der Waals surface area contributed by atoms with Crippen LogP contribution in [0.15, 0.2) is 42.5 Å². The summed E-state index contributed by atoms with van der Waals surface area (Å²) in [5.74, 6) is -1.36. The minimum absolute atomic E-state index is 0.108. The van der Waals surface area contributed by atoms with Crippen molar-refractivity contribution < 1.29 is 23.1 Å². The Kier molecular flexibility index (Phi) is 4.98. The third-order valence-electron chi connectivity index (χ3n) is 6.60. The Morgan fingerprint density at radius 1 is 1.10 bits per heavy atom. The number of carbonyl (C=O) groups is 2. The third kappa shape index (κ3) is 3.31. The van der Waals surface area contributed by atoms with Crippen LogP contribution in [-0.4, -0.2) is 46.5 Å². The maximum Gasteiger partial charge on any atom is 0.257 e. The Morgan fingerprint density at radius 3 is 2.58 bits per heavy atom. The van der Waals surface area contributed by atoms with E-state index in [0.29, 0.717) is 44.3 Å². The van der Waals surface area contributed by atoms with Crippen LogP contribution in [0.25, 0.3) is 0 Å². The highest BCUT2D eigenvalue weighted by Crippen LogP contribution is 2.48. The molecule has 3 saturated heterocycles. The monoisotopic (exact) mass is 446 g/mol. The molecule has 0 aliphatic carbocycles. The SMILES string of the molecule is O=C(c1cc(F)ccc1Cl)N1CCC2(CC1)OC1CCC(c3ccccc3F)N1C2=O. The molecule has 31 heavy (non-hydrogen) atoms. The van der Waals surface area contributed by atoms with Gasteiger partial charge in [-0.3, -0.25) is 9.59 Å². The second-order valence-corrected chi connectivity index (χ2v) is 8.72. The predicted octanol–water partition coefficient (Wildman–Crippen LogP) is 4.31. The summed E-state index contributed by atoms with van der Waals surface area (Å²) >= 11 is 6.08. The first-order chi connectivity index (χ1) is 14.9. The normalized spacial score (nSPS) is 24.7. The highest BCUT2D eigenvalue weighted by Gasteiger charge is 2.58. The van der Waals surface area contributed by atoms with E-state index in [9.17, 15) is 18.4 Å². The van der Waals surface area contributed by atoms with Gasteiger partial charge in [0.25, 0.3) is 11.8 Å². The van der Waals surface area contributed by atoms with Gasteiger partial charge in [0, 0.05) is 31.5 Å². The number of nitrogens with zero attached hydrogens (tertiary/aromatic N) is 2. The smallest absolute Gasteiger partial charge is 0.257 e. The average Bonchev–Trinajstić information content (AvgIpc) is 3.28. The Balaban J connectivity index is 1.32. The summed E-state index contributed by atoms with van der Waals surface area (Å²) in [5.41, 5.74) is -0.388. The molecule has 0 N–H and O–H groups in total. The van der Waals surface area contributed by atoms with Crippen LogP contribution in [0.5, 0.6) is 0 Å². The molecule has 0 aromatic heterocycles. The van der Waals surface area contributed by atoms with Gasteiger partial charge in [-0.15, -0.1) is 0 Å². The van der Waals surface area contributed by atoms with Crippen LogP contribution in [0.1, 0.15) is 47.6 Å². The van der Waals surface area contributed by atoms with E-state index >= 15 is 0 Å². The third-order valence-corrected chi connectivity index (χ3v) is 6.93. The first-order valence-corrected chi connectivity index (χ1v) is 10.8. The topological polar surface area (TPSA) is 49.9 Å². The van der Waals surface area contributed by atoms with E-state index in [0.717, 1.165) is 6.07 Å². The summed E-state index contributed by atoms with van der Waals surface area (Å²) in [6.45, 7) is 0.588. The van der Waals surface area contributed by atoms with Crippen LogP contribution in [0.3, 0.4) is 0 Å². The molecule has 0 saturated carbocycles. The van der Waals surface area contributed by atoms with E-state index in [1.165, 1.54) is 18.2 Å². The van der Waals surface area contributed by atoms with E-state index in [1.54, 1.807) is 28.0 Å². The summed E-state index contributed by atoms with van der Waals surface area (Å²) in [6.07, 6.45) is 1.59. The van der Waals surface area contributed by atoms with Crippen LogP contribution < -0.4 is 0 Å². The number of halogens is 3. The molecule has 3 aliphatic heterocycles. The molecule has 2 aromatic rings. The molecular weight excluding hydrogens is 426 g/mol. The minimum atomic E-state index is -1.00. The summed E-state index contributed by atoms with van der Waals surface area (Å²) < 4.78 is 34.2. The minimum Gasteiger partial charge on any atom is -0.342 e. The number of fused-ring (bicyclic) bond motifs is 1. The maximum atomic E-state index is 14.4. The second-order valence-electron chi connectivity index (χ2n) is 8.31. The Hall–Kier alpha value is -2.51. The standard InChI is InChI=1S/C23H21ClF2N2O3/c24-17-6-5-14(25)13-16(17)21(29)27-11-9-23(10-12-27)22(30)28-19(7-8-20(28)31-23)15-3-1-2-4-18(15)26/h1-6,13,19-20H,7-12H2. The van der Waals surface area contributed by atoms with Crippen LogP contribution >= 0.6 is 11.6 Å². The van der Waals surface area contributed by atoms with Gasteiger partial charge >= 0.3 is 0 Å². The number of ether oxygens (including phenoxy) is 1. The molecule has 5 nitrogen and oxygen atoms in total. The van der Waals surface area contributed by atoms with Crippen LogP contribution in [0, 0.1) is 11.6 Å². The van der Waals surface area contributed by atoms with Gasteiger partial charge in [0.2, 0.25) is 0 Å². The highest BCUT2D eigenvalue weighted by molar-refractivity contribution is 6.33. The number of hydrogen-bond donors (Lipinski definition) is 0. The largest absolute Gasteiger partial charge is 0.342 e. The highest BCUT2D eigenvalue weighted by atomic mass is 35.5. The number of likely N-dealkylation sites (tertiary alicyclic amines) is 1. The average molecular weight is 447 g/mol. The molecule has 8 heteroatoms. The molecular formula is C23H21ClF2N2O3. The van der Waals surface area contributed by atoms with Crippen molar-refractivity contribution in [1.82, 2.24) is 9.80 Å². The predicted molar refractivity (Wildman–Crippen MR) is 109 cm³/mol. The van der Waals surface area contributed by atoms with E-state index in [4.69, 9.17) is 16.3 Å². The molecule has 2 amide bonds. The number of hydrogen-bond acceptors (Lipinski definition) is 3. The fourth-order valence-electron chi connectivity index (χ4n) is 5.00. The zero-order valence-corrected chi connectivity index (χ0v) is 17.4. The van der Waals surface area contributed by atoms with Gasteiger partial charge in [-0.1, -0.05) is 29.8 Å². The summed E-state index contributed by atoms with van der Waals surface area (Å²) in [6, 6.07) is 9.86. The van der Waals surface area contributed by atoms with Crippen LogP contribution in [-0.2, 0) is 9.53 Å². The molecule has 2 aromatic carbocycles. The lowest BCUT2D eigenvalue weighted by atomic mass is 9.89. The van der Waals surface area contributed by atoms with E-state index < -0.39 is 11.4 Å². The van der Waals surface area contributed by atoms with Gasteiger partial charge < -0.3 is 14.5 Å². The van der Waals surface area contributed by atoms with Gasteiger partial charge in [-0.05, 0) is 37.1 Å². The number of amides is 2. The zero-order valence-electron chi connectivity index (χ0n) is 16.7. The Morgan fingerprint density at radius 2 is 1.84 bits per heavy atom. The van der Waals surface area contributed by atoms with Crippen molar-refractivity contribution in [2.24, 2.45) is 0 Å². The van der Waals surface area contributed by atoms with Crippen molar-refractivity contribution in [2.75, 3.05) is 13.1 Å². The van der Waals surface area contributed by atoms with Crippen molar-refractivity contribution in [3.63, 3.8) is 0 Å². The first kappa shape index (κ1) is 20.4. The molecule has 0 radical (unpaired) electrons. The molecule has 1 spiro atoms. The first-order valence-electron chi connectivity index (χ1n) is 10.4. The van der Waals surface area contributed by atoms with Crippen molar-refractivity contribution in [2.45, 2.75) is 43.6 Å². The lowest BCUT2D eigenvalue weighted by molar-refractivity contribution is -0.142. The van der Waals surface area contributed by atoms with Crippen molar-refractivity contribution in [3.8, 4) is 0 Å². The summed E-state index contributed by atoms with van der Waals surface area (Å²) in [7, 11) is 0. The quantitative estimate of drug-likeness (QED) is 0.690. The molecule has 162 valence electrons. The van der Waals surface area contributed by atoms with E-state index in [-0.39, 0.29) is 40.5 Å². The maximum absolute atomic E-state index is 14.4. The van der Waals surface area contributed by atoms with Crippen molar-refractivity contribution in [1.29, 1.82) is 0 Å². The van der Waals surface area contributed by atoms with Gasteiger partial charge in [0.15, 0.2) is 5.60 Å². The zero-order chi connectivity index (χ0) is 21.8. The fourth-order valence-corrected chi connectivity index (χ4v) is 5.20. The van der Waals surface area contributed by atoms with Gasteiger partial charge in [-0.2, -0.15) is 0 Å². The number of rotatable bonds is 2.